The summed E-state index contributed by atoms with van der Waals surface area (Å²) in [6.45, 7) is 0. The van der Waals surface area contributed by atoms with E-state index >= 15 is 0 Å². The minimum atomic E-state index is -0.237. The standard InChI is InChI=1S/C6H11N5/c1-11-4(6(8)2-3-6)9-10-5(11)7/h2-3,8H2,1H3,(H2,7,10). The summed E-state index contributed by atoms with van der Waals surface area (Å²) in [5.74, 6) is 1.23. The van der Waals surface area contributed by atoms with E-state index in [0.717, 1.165) is 18.7 Å². The fourth-order valence-electron chi connectivity index (χ4n) is 1.13. The lowest BCUT2D eigenvalue weighted by atomic mass is 10.3. The second-order valence-electron chi connectivity index (χ2n) is 3.10. The Kier molecular flexibility index (Phi) is 1.04. The van der Waals surface area contributed by atoms with Gasteiger partial charge in [0.2, 0.25) is 5.95 Å². The van der Waals surface area contributed by atoms with Crippen molar-refractivity contribution in [3.05, 3.63) is 5.82 Å². The highest BCUT2D eigenvalue weighted by atomic mass is 15.3. The maximum atomic E-state index is 5.90. The largest absolute Gasteiger partial charge is 0.368 e. The third-order valence-corrected chi connectivity index (χ3v) is 2.14. The van der Waals surface area contributed by atoms with Crippen molar-refractivity contribution < 1.29 is 0 Å². The number of rotatable bonds is 1. The van der Waals surface area contributed by atoms with E-state index < -0.39 is 0 Å². The Morgan fingerprint density at radius 2 is 2.09 bits per heavy atom. The van der Waals surface area contributed by atoms with Crippen molar-refractivity contribution in [2.24, 2.45) is 12.8 Å². The molecule has 1 aliphatic rings. The molecule has 0 saturated heterocycles. The van der Waals surface area contributed by atoms with E-state index in [-0.39, 0.29) is 5.54 Å². The molecular weight excluding hydrogens is 142 g/mol. The molecule has 0 aromatic carbocycles. The lowest BCUT2D eigenvalue weighted by Crippen LogP contribution is -2.23. The van der Waals surface area contributed by atoms with Gasteiger partial charge in [-0.1, -0.05) is 0 Å². The first-order valence-corrected chi connectivity index (χ1v) is 3.58. The Bertz CT molecular complexity index is 285. The number of anilines is 1. The Morgan fingerprint density at radius 3 is 2.45 bits per heavy atom. The minimum absolute atomic E-state index is 0.237. The van der Waals surface area contributed by atoms with E-state index in [2.05, 4.69) is 10.2 Å². The van der Waals surface area contributed by atoms with Crippen molar-refractivity contribution in [3.8, 4) is 0 Å². The van der Waals surface area contributed by atoms with Crippen molar-refractivity contribution in [1.29, 1.82) is 0 Å². The summed E-state index contributed by atoms with van der Waals surface area (Å²) in [5.41, 5.74) is 11.2. The molecule has 0 unspecified atom stereocenters. The highest BCUT2D eigenvalue weighted by molar-refractivity contribution is 5.24. The predicted molar refractivity (Wildman–Crippen MR) is 40.5 cm³/mol. The first kappa shape index (κ1) is 6.60. The molecule has 0 aliphatic heterocycles. The highest BCUT2D eigenvalue weighted by Gasteiger charge is 2.44. The topological polar surface area (TPSA) is 82.8 Å². The van der Waals surface area contributed by atoms with Gasteiger partial charge in [0.05, 0.1) is 5.54 Å². The zero-order valence-corrected chi connectivity index (χ0v) is 6.41. The molecule has 0 atom stereocenters. The summed E-state index contributed by atoms with van der Waals surface area (Å²) < 4.78 is 1.74. The first-order chi connectivity index (χ1) is 5.13. The Morgan fingerprint density at radius 1 is 1.45 bits per heavy atom. The third-order valence-electron chi connectivity index (χ3n) is 2.14. The monoisotopic (exact) mass is 153 g/mol. The molecule has 0 spiro atoms. The first-order valence-electron chi connectivity index (χ1n) is 3.58. The van der Waals surface area contributed by atoms with Crippen LogP contribution in [0, 0.1) is 0 Å². The van der Waals surface area contributed by atoms with E-state index in [0.29, 0.717) is 5.95 Å². The van der Waals surface area contributed by atoms with E-state index in [1.807, 2.05) is 7.05 Å². The minimum Gasteiger partial charge on any atom is -0.368 e. The van der Waals surface area contributed by atoms with Gasteiger partial charge >= 0.3 is 0 Å². The van der Waals surface area contributed by atoms with Gasteiger partial charge < -0.3 is 11.5 Å². The van der Waals surface area contributed by atoms with Gasteiger partial charge in [-0.15, -0.1) is 10.2 Å². The zero-order valence-electron chi connectivity index (χ0n) is 6.41. The molecule has 0 bridgehead atoms. The molecule has 5 heteroatoms. The van der Waals surface area contributed by atoms with Crippen molar-refractivity contribution in [2.45, 2.75) is 18.4 Å². The van der Waals surface area contributed by atoms with Crippen molar-refractivity contribution >= 4 is 5.95 Å². The highest BCUT2D eigenvalue weighted by Crippen LogP contribution is 2.41. The number of nitrogen functional groups attached to an aromatic ring is 1. The molecule has 60 valence electrons. The molecule has 1 aromatic rings. The van der Waals surface area contributed by atoms with Crippen LogP contribution in [0.3, 0.4) is 0 Å². The van der Waals surface area contributed by atoms with Crippen LogP contribution in [0.1, 0.15) is 18.7 Å². The lowest BCUT2D eigenvalue weighted by molar-refractivity contribution is 0.630. The number of hydrogen-bond donors (Lipinski definition) is 2. The van der Waals surface area contributed by atoms with Crippen LogP contribution in [0.2, 0.25) is 0 Å². The van der Waals surface area contributed by atoms with Crippen molar-refractivity contribution in [1.82, 2.24) is 14.8 Å². The van der Waals surface area contributed by atoms with Crippen LogP contribution in [-0.2, 0) is 12.6 Å². The van der Waals surface area contributed by atoms with Gasteiger partial charge in [0, 0.05) is 7.05 Å². The molecule has 11 heavy (non-hydrogen) atoms. The van der Waals surface area contributed by atoms with Crippen LogP contribution in [0.5, 0.6) is 0 Å². The molecule has 1 aliphatic carbocycles. The van der Waals surface area contributed by atoms with Gasteiger partial charge in [0.15, 0.2) is 5.82 Å². The number of aromatic nitrogens is 3. The number of nitrogens with zero attached hydrogens (tertiary/aromatic N) is 3. The number of nitrogens with two attached hydrogens (primary N) is 2. The fraction of sp³-hybridized carbons (Fsp3) is 0.667. The van der Waals surface area contributed by atoms with Crippen molar-refractivity contribution in [3.63, 3.8) is 0 Å². The van der Waals surface area contributed by atoms with Gasteiger partial charge in [-0.05, 0) is 12.8 Å². The van der Waals surface area contributed by atoms with Gasteiger partial charge in [0.25, 0.3) is 0 Å². The van der Waals surface area contributed by atoms with E-state index in [9.17, 15) is 0 Å². The molecule has 1 aromatic heterocycles. The maximum Gasteiger partial charge on any atom is 0.221 e. The average Bonchev–Trinajstić information content (AvgIpc) is 2.60. The molecule has 1 saturated carbocycles. The molecule has 1 fully saturated rings. The van der Waals surface area contributed by atoms with Crippen LogP contribution in [-0.4, -0.2) is 14.8 Å². The van der Waals surface area contributed by atoms with Crippen LogP contribution in [0.4, 0.5) is 5.95 Å². The molecular formula is C6H11N5. The van der Waals surface area contributed by atoms with Crippen LogP contribution < -0.4 is 11.5 Å². The summed E-state index contributed by atoms with van der Waals surface area (Å²) in [4.78, 5) is 0. The van der Waals surface area contributed by atoms with Gasteiger partial charge in [-0.3, -0.25) is 4.57 Å². The second-order valence-corrected chi connectivity index (χ2v) is 3.10. The molecule has 5 nitrogen and oxygen atoms in total. The summed E-state index contributed by atoms with van der Waals surface area (Å²) in [6.07, 6.45) is 1.97. The summed E-state index contributed by atoms with van der Waals surface area (Å²) in [6, 6.07) is 0. The Labute approximate surface area is 64.4 Å². The third kappa shape index (κ3) is 0.808. The summed E-state index contributed by atoms with van der Waals surface area (Å²) in [7, 11) is 1.83. The zero-order chi connectivity index (χ0) is 8.06. The Balaban J connectivity index is 2.45. The molecule has 0 radical (unpaired) electrons. The second kappa shape index (κ2) is 1.73. The summed E-state index contributed by atoms with van der Waals surface area (Å²) >= 11 is 0. The van der Waals surface area contributed by atoms with Gasteiger partial charge in [-0.25, -0.2) is 0 Å². The smallest absolute Gasteiger partial charge is 0.221 e. The average molecular weight is 153 g/mol. The SMILES string of the molecule is Cn1c(N)nnc1C1(N)CC1. The van der Waals surface area contributed by atoms with E-state index in [4.69, 9.17) is 11.5 Å². The van der Waals surface area contributed by atoms with E-state index in [1.54, 1.807) is 4.57 Å². The predicted octanol–water partition coefficient (Wildman–Crippen LogP) is -0.655. The van der Waals surface area contributed by atoms with Gasteiger partial charge in [0.1, 0.15) is 0 Å². The Hall–Kier alpha value is -1.10. The van der Waals surface area contributed by atoms with Crippen LogP contribution in [0.25, 0.3) is 0 Å². The summed E-state index contributed by atoms with van der Waals surface area (Å²) in [5, 5.41) is 7.65. The molecule has 2 rings (SSSR count). The molecule has 0 amide bonds. The van der Waals surface area contributed by atoms with Gasteiger partial charge in [-0.2, -0.15) is 0 Å². The van der Waals surface area contributed by atoms with E-state index in [1.165, 1.54) is 0 Å². The van der Waals surface area contributed by atoms with Crippen LogP contribution in [0.15, 0.2) is 0 Å². The quantitative estimate of drug-likeness (QED) is 0.561. The lowest BCUT2D eigenvalue weighted by Gasteiger charge is -2.06. The fourth-order valence-corrected chi connectivity index (χ4v) is 1.13. The molecule has 1 heterocycles. The van der Waals surface area contributed by atoms with Crippen LogP contribution >= 0.6 is 0 Å². The van der Waals surface area contributed by atoms with Crippen molar-refractivity contribution in [2.75, 3.05) is 5.73 Å². The number of hydrogen-bond acceptors (Lipinski definition) is 4. The molecule has 4 N–H and O–H groups in total. The normalized spacial score (nSPS) is 20.2. The maximum absolute atomic E-state index is 5.90.